The molecule has 10 heteroatoms. The van der Waals surface area contributed by atoms with Crippen LogP contribution in [0.5, 0.6) is 0 Å². The van der Waals surface area contributed by atoms with E-state index in [1.807, 2.05) is 60.0 Å². The van der Waals surface area contributed by atoms with Gasteiger partial charge in [0.1, 0.15) is 12.2 Å². The van der Waals surface area contributed by atoms with Crippen LogP contribution in [0.3, 0.4) is 0 Å². The molecule has 0 unspecified atom stereocenters. The summed E-state index contributed by atoms with van der Waals surface area (Å²) in [6.45, 7) is 5.05. The van der Waals surface area contributed by atoms with Crippen molar-refractivity contribution in [3.63, 3.8) is 0 Å². The molecule has 0 atom stereocenters. The van der Waals surface area contributed by atoms with Gasteiger partial charge in [-0.1, -0.05) is 56.3 Å². The van der Waals surface area contributed by atoms with E-state index >= 15 is 0 Å². The van der Waals surface area contributed by atoms with Gasteiger partial charge >= 0.3 is 5.69 Å². The van der Waals surface area contributed by atoms with Crippen LogP contribution in [0.2, 0.25) is 0 Å². The molecule has 10 nitrogen and oxygen atoms in total. The highest BCUT2D eigenvalue weighted by Crippen LogP contribution is 2.27. The van der Waals surface area contributed by atoms with Crippen LogP contribution in [0.15, 0.2) is 64.4 Å². The number of nitrogens with one attached hydrogen (secondary N) is 1. The van der Waals surface area contributed by atoms with Crippen LogP contribution in [0.4, 0.5) is 0 Å². The Labute approximate surface area is 200 Å². The zero-order valence-electron chi connectivity index (χ0n) is 19.7. The van der Waals surface area contributed by atoms with Gasteiger partial charge in [-0.05, 0) is 40.5 Å². The van der Waals surface area contributed by atoms with Crippen molar-refractivity contribution < 1.29 is 0 Å². The fourth-order valence-corrected chi connectivity index (χ4v) is 4.39. The van der Waals surface area contributed by atoms with Crippen molar-refractivity contribution in [1.82, 2.24) is 39.3 Å². The van der Waals surface area contributed by atoms with Crippen LogP contribution in [0.25, 0.3) is 28.0 Å². The van der Waals surface area contributed by atoms with Gasteiger partial charge in [-0.2, -0.15) is 4.68 Å². The van der Waals surface area contributed by atoms with E-state index in [4.69, 9.17) is 4.98 Å². The largest absolute Gasteiger partial charge is 0.330 e. The number of para-hydroxylation sites is 1. The molecule has 1 N–H and O–H groups in total. The number of aryl methyl sites for hydroxylation is 2. The second kappa shape index (κ2) is 9.49. The van der Waals surface area contributed by atoms with E-state index in [2.05, 4.69) is 27.4 Å². The highest BCUT2D eigenvalue weighted by atomic mass is 16.2. The normalized spacial score (nSPS) is 11.4. The number of aromatic nitrogens is 8. The number of aromatic amines is 1. The molecule has 2 aromatic carbocycles. The standard InChI is InChI=1S/C25H26N8O2/c1-3-7-21-27-23-22(24(34)28-25(35)31(23)14-4-2)32(21)15-17-10-12-18(13-11-17)19-8-5-6-9-20(19)33-16-26-29-30-33/h5-6,8-13,16H,3-4,7,14-15H2,1-2H3,(H,28,34,35). The van der Waals surface area contributed by atoms with E-state index < -0.39 is 11.2 Å². The molecule has 0 aliphatic rings. The predicted octanol–water partition coefficient (Wildman–Crippen LogP) is 2.94. The molecule has 0 aliphatic heterocycles. The second-order valence-electron chi connectivity index (χ2n) is 8.42. The maximum absolute atomic E-state index is 12.8. The highest BCUT2D eigenvalue weighted by Gasteiger charge is 2.18. The molecule has 0 saturated carbocycles. The third kappa shape index (κ3) is 4.18. The Kier molecular flexibility index (Phi) is 6.09. The lowest BCUT2D eigenvalue weighted by Gasteiger charge is -2.11. The van der Waals surface area contributed by atoms with Gasteiger partial charge in [0.15, 0.2) is 11.2 Å². The number of H-pyrrole nitrogens is 1. The van der Waals surface area contributed by atoms with Gasteiger partial charge in [0.2, 0.25) is 0 Å². The molecule has 35 heavy (non-hydrogen) atoms. The summed E-state index contributed by atoms with van der Waals surface area (Å²) in [5, 5.41) is 11.5. The lowest BCUT2D eigenvalue weighted by Crippen LogP contribution is -2.31. The number of hydrogen-bond acceptors (Lipinski definition) is 6. The van der Waals surface area contributed by atoms with Gasteiger partial charge in [0, 0.05) is 25.1 Å². The first-order valence-electron chi connectivity index (χ1n) is 11.7. The van der Waals surface area contributed by atoms with Crippen molar-refractivity contribution >= 4 is 11.2 Å². The number of benzene rings is 2. The van der Waals surface area contributed by atoms with Crippen molar-refractivity contribution in [2.24, 2.45) is 0 Å². The van der Waals surface area contributed by atoms with Crippen LogP contribution in [-0.2, 0) is 19.5 Å². The van der Waals surface area contributed by atoms with Crippen LogP contribution in [0.1, 0.15) is 38.1 Å². The Balaban J connectivity index is 1.54. The fraction of sp³-hybridized carbons (Fsp3) is 0.280. The molecule has 5 rings (SSSR count). The van der Waals surface area contributed by atoms with Crippen LogP contribution >= 0.6 is 0 Å². The average molecular weight is 471 g/mol. The van der Waals surface area contributed by atoms with E-state index in [1.54, 1.807) is 15.6 Å². The molecule has 0 radical (unpaired) electrons. The lowest BCUT2D eigenvalue weighted by molar-refractivity contribution is 0.651. The minimum atomic E-state index is -0.414. The summed E-state index contributed by atoms with van der Waals surface area (Å²) in [6.07, 6.45) is 3.94. The first kappa shape index (κ1) is 22.5. The molecule has 5 aromatic rings. The van der Waals surface area contributed by atoms with E-state index in [0.717, 1.165) is 41.0 Å². The van der Waals surface area contributed by atoms with Gasteiger partial charge in [0.25, 0.3) is 5.56 Å². The van der Waals surface area contributed by atoms with Gasteiger partial charge in [0.05, 0.1) is 5.69 Å². The van der Waals surface area contributed by atoms with Gasteiger partial charge in [-0.3, -0.25) is 14.3 Å². The van der Waals surface area contributed by atoms with Crippen molar-refractivity contribution in [1.29, 1.82) is 0 Å². The Bertz CT molecular complexity index is 1580. The molecule has 0 amide bonds. The number of nitrogens with zero attached hydrogens (tertiary/aromatic N) is 7. The summed E-state index contributed by atoms with van der Waals surface area (Å²) in [5.41, 5.74) is 4.02. The number of fused-ring (bicyclic) bond motifs is 1. The van der Waals surface area contributed by atoms with Crippen molar-refractivity contribution in [3.8, 4) is 16.8 Å². The summed E-state index contributed by atoms with van der Waals surface area (Å²) in [6, 6.07) is 16.1. The zero-order chi connectivity index (χ0) is 24.4. The van der Waals surface area contributed by atoms with Crippen molar-refractivity contribution in [2.75, 3.05) is 0 Å². The third-order valence-corrected chi connectivity index (χ3v) is 5.99. The van der Waals surface area contributed by atoms with Crippen molar-refractivity contribution in [3.05, 3.63) is 87.1 Å². The molecular formula is C25H26N8O2. The summed E-state index contributed by atoms with van der Waals surface area (Å²) in [5.74, 6) is 0.802. The van der Waals surface area contributed by atoms with Gasteiger partial charge < -0.3 is 4.57 Å². The van der Waals surface area contributed by atoms with Gasteiger partial charge in [-0.25, -0.2) is 9.78 Å². The predicted molar refractivity (Wildman–Crippen MR) is 133 cm³/mol. The maximum atomic E-state index is 12.8. The number of hydrogen-bond donors (Lipinski definition) is 1. The number of rotatable bonds is 8. The molecule has 178 valence electrons. The average Bonchev–Trinajstić information content (AvgIpc) is 3.52. The Morgan fingerprint density at radius 2 is 1.74 bits per heavy atom. The van der Waals surface area contributed by atoms with Crippen LogP contribution in [0, 0.1) is 0 Å². The molecule has 3 heterocycles. The van der Waals surface area contributed by atoms with Crippen molar-refractivity contribution in [2.45, 2.75) is 46.2 Å². The summed E-state index contributed by atoms with van der Waals surface area (Å²) < 4.78 is 5.14. The van der Waals surface area contributed by atoms with Gasteiger partial charge in [-0.15, -0.1) is 5.10 Å². The Hall–Kier alpha value is -4.34. The number of tetrazole rings is 1. The smallest absolute Gasteiger partial charge is 0.318 e. The molecule has 0 saturated heterocycles. The first-order chi connectivity index (χ1) is 17.1. The quantitative estimate of drug-likeness (QED) is 0.373. The monoisotopic (exact) mass is 470 g/mol. The SMILES string of the molecule is CCCc1nc2c(c(=O)[nH]c(=O)n2CCC)n1Cc1ccc(-c2ccccc2-n2cnnn2)cc1. The second-order valence-corrected chi connectivity index (χ2v) is 8.42. The number of imidazole rings is 1. The van der Waals surface area contributed by atoms with E-state index in [9.17, 15) is 9.59 Å². The summed E-state index contributed by atoms with van der Waals surface area (Å²) >= 11 is 0. The molecule has 0 bridgehead atoms. The Morgan fingerprint density at radius 3 is 2.46 bits per heavy atom. The first-order valence-corrected chi connectivity index (χ1v) is 11.7. The van der Waals surface area contributed by atoms with E-state index in [-0.39, 0.29) is 0 Å². The zero-order valence-corrected chi connectivity index (χ0v) is 19.7. The molecule has 0 spiro atoms. The minimum absolute atomic E-state index is 0.404. The molecule has 3 aromatic heterocycles. The maximum Gasteiger partial charge on any atom is 0.330 e. The molecule has 0 fully saturated rings. The van der Waals surface area contributed by atoms with E-state index in [1.165, 1.54) is 0 Å². The minimum Gasteiger partial charge on any atom is -0.318 e. The van der Waals surface area contributed by atoms with E-state index in [0.29, 0.717) is 30.7 Å². The topological polar surface area (TPSA) is 116 Å². The molecular weight excluding hydrogens is 444 g/mol. The molecule has 0 aliphatic carbocycles. The summed E-state index contributed by atoms with van der Waals surface area (Å²) in [7, 11) is 0. The van der Waals surface area contributed by atoms with Crippen LogP contribution in [-0.4, -0.2) is 39.3 Å². The fourth-order valence-electron chi connectivity index (χ4n) is 4.39. The lowest BCUT2D eigenvalue weighted by atomic mass is 10.0. The third-order valence-electron chi connectivity index (χ3n) is 5.99. The summed E-state index contributed by atoms with van der Waals surface area (Å²) in [4.78, 5) is 32.4. The van der Waals surface area contributed by atoms with Crippen LogP contribution < -0.4 is 11.2 Å². The Morgan fingerprint density at radius 1 is 0.943 bits per heavy atom. The highest BCUT2D eigenvalue weighted by molar-refractivity contribution is 5.73.